The Balaban J connectivity index is 1.89. The predicted molar refractivity (Wildman–Crippen MR) is 164 cm³/mol. The second-order valence-electron chi connectivity index (χ2n) is 11.6. The molecule has 1 aromatic rings. The van der Waals surface area contributed by atoms with Crippen molar-refractivity contribution in [2.45, 2.75) is 105 Å². The zero-order chi connectivity index (χ0) is 29.0. The summed E-state index contributed by atoms with van der Waals surface area (Å²) in [6.45, 7) is 16.7. The van der Waals surface area contributed by atoms with Gasteiger partial charge in [0.05, 0.1) is 26.4 Å². The Morgan fingerprint density at radius 3 is 1.73 bits per heavy atom. The van der Waals surface area contributed by atoms with E-state index < -0.39 is 6.29 Å². The van der Waals surface area contributed by atoms with Gasteiger partial charge in [0.1, 0.15) is 11.5 Å². The lowest BCUT2D eigenvalue weighted by atomic mass is 10.0. The summed E-state index contributed by atoms with van der Waals surface area (Å²) in [4.78, 5) is 4.73. The number of ether oxygens (including phenoxy) is 3. The van der Waals surface area contributed by atoms with Crippen molar-refractivity contribution >= 4 is 0 Å². The van der Waals surface area contributed by atoms with Gasteiger partial charge in [-0.2, -0.15) is 0 Å². The van der Waals surface area contributed by atoms with Gasteiger partial charge in [-0.3, -0.25) is 4.90 Å². The van der Waals surface area contributed by atoms with Gasteiger partial charge in [0.2, 0.25) is 0 Å². The molecule has 1 aromatic carbocycles. The minimum atomic E-state index is -0.790. The molecule has 40 heavy (non-hydrogen) atoms. The molecule has 7 heteroatoms. The van der Waals surface area contributed by atoms with Crippen molar-refractivity contribution in [2.24, 2.45) is 11.8 Å². The predicted octanol–water partition coefficient (Wildman–Crippen LogP) is 6.10. The third kappa shape index (κ3) is 14.5. The van der Waals surface area contributed by atoms with E-state index in [0.29, 0.717) is 38.1 Å². The molecule has 1 aliphatic heterocycles. The van der Waals surface area contributed by atoms with Gasteiger partial charge >= 0.3 is 0 Å². The smallest absolute Gasteiger partial charge is 0.155 e. The molecule has 0 saturated carbocycles. The van der Waals surface area contributed by atoms with Crippen molar-refractivity contribution in [3.63, 3.8) is 0 Å². The van der Waals surface area contributed by atoms with Crippen molar-refractivity contribution in [2.75, 3.05) is 59.1 Å². The number of piperazine rings is 1. The molecule has 3 atom stereocenters. The van der Waals surface area contributed by atoms with E-state index >= 15 is 0 Å². The molecule has 0 bridgehead atoms. The summed E-state index contributed by atoms with van der Waals surface area (Å²) < 4.78 is 18.4. The highest BCUT2D eigenvalue weighted by Crippen LogP contribution is 2.27. The molecular formula is C33H60N2O5. The van der Waals surface area contributed by atoms with Crippen LogP contribution in [0.1, 0.15) is 97.5 Å². The van der Waals surface area contributed by atoms with Crippen molar-refractivity contribution < 1.29 is 24.4 Å². The van der Waals surface area contributed by atoms with E-state index in [1.54, 1.807) is 0 Å². The first-order valence-corrected chi connectivity index (χ1v) is 16.3. The fraction of sp³-hybridized carbons (Fsp3) is 0.818. The molecular weight excluding hydrogens is 504 g/mol. The lowest BCUT2D eigenvalue weighted by molar-refractivity contribution is -0.113. The minimum absolute atomic E-state index is 0.225. The van der Waals surface area contributed by atoms with Crippen LogP contribution in [0.3, 0.4) is 0 Å². The molecule has 0 radical (unpaired) electrons. The molecule has 1 fully saturated rings. The van der Waals surface area contributed by atoms with Crippen LogP contribution < -0.4 is 9.47 Å². The molecule has 2 rings (SSSR count). The van der Waals surface area contributed by atoms with E-state index in [2.05, 4.69) is 37.5 Å². The first-order chi connectivity index (χ1) is 19.5. The molecule has 3 unspecified atom stereocenters. The zero-order valence-corrected chi connectivity index (χ0v) is 26.1. The van der Waals surface area contributed by atoms with E-state index in [1.165, 1.54) is 38.5 Å². The lowest BCUT2D eigenvalue weighted by Gasteiger charge is -2.34. The maximum atomic E-state index is 10.5. The molecule has 232 valence electrons. The number of nitrogens with zero attached hydrogens (tertiary/aromatic N) is 2. The SMILES string of the molecule is CCCCC(CC)COc1cc(COC(O)CCCN2CCN(CCO)CC2)cc(OCC(CC)CCCC)c1. The number of benzene rings is 1. The average Bonchev–Trinajstić information content (AvgIpc) is 2.97. The second kappa shape index (κ2) is 21.3. The number of aliphatic hydroxyl groups is 2. The Labute approximate surface area is 245 Å². The summed E-state index contributed by atoms with van der Waals surface area (Å²) in [5.41, 5.74) is 0.967. The van der Waals surface area contributed by atoms with Crippen LogP contribution in [0, 0.1) is 11.8 Å². The van der Waals surface area contributed by atoms with E-state index in [4.69, 9.17) is 19.3 Å². The molecule has 2 N–H and O–H groups in total. The number of rotatable bonds is 23. The zero-order valence-electron chi connectivity index (χ0n) is 26.1. The number of aliphatic hydroxyl groups excluding tert-OH is 2. The Kier molecular flexibility index (Phi) is 18.6. The summed E-state index contributed by atoms with van der Waals surface area (Å²) in [5.74, 6) is 2.76. The Morgan fingerprint density at radius 2 is 1.25 bits per heavy atom. The third-order valence-corrected chi connectivity index (χ3v) is 8.25. The molecule has 1 aliphatic rings. The largest absolute Gasteiger partial charge is 0.493 e. The second-order valence-corrected chi connectivity index (χ2v) is 11.6. The lowest BCUT2D eigenvalue weighted by Crippen LogP contribution is -2.47. The van der Waals surface area contributed by atoms with Crippen molar-refractivity contribution in [1.82, 2.24) is 9.80 Å². The molecule has 0 amide bonds. The molecule has 0 spiro atoms. The van der Waals surface area contributed by atoms with Gasteiger partial charge in [0, 0.05) is 38.8 Å². The highest BCUT2D eigenvalue weighted by molar-refractivity contribution is 5.38. The fourth-order valence-electron chi connectivity index (χ4n) is 5.25. The van der Waals surface area contributed by atoms with Gasteiger partial charge in [0.15, 0.2) is 6.29 Å². The first-order valence-electron chi connectivity index (χ1n) is 16.3. The van der Waals surface area contributed by atoms with Crippen molar-refractivity contribution in [3.05, 3.63) is 23.8 Å². The molecule has 7 nitrogen and oxygen atoms in total. The van der Waals surface area contributed by atoms with Crippen molar-refractivity contribution in [1.29, 1.82) is 0 Å². The highest BCUT2D eigenvalue weighted by atomic mass is 16.6. The average molecular weight is 565 g/mol. The van der Waals surface area contributed by atoms with Gasteiger partial charge in [-0.1, -0.05) is 66.2 Å². The van der Waals surface area contributed by atoms with Crippen LogP contribution in [0.5, 0.6) is 11.5 Å². The Morgan fingerprint density at radius 1 is 0.725 bits per heavy atom. The van der Waals surface area contributed by atoms with Crippen LogP contribution in [-0.4, -0.2) is 85.4 Å². The highest BCUT2D eigenvalue weighted by Gasteiger charge is 2.17. The van der Waals surface area contributed by atoms with Crippen LogP contribution in [-0.2, 0) is 11.3 Å². The van der Waals surface area contributed by atoms with Crippen LogP contribution in [0.2, 0.25) is 0 Å². The Bertz CT molecular complexity index is 718. The van der Waals surface area contributed by atoms with Crippen LogP contribution in [0.15, 0.2) is 18.2 Å². The Hall–Kier alpha value is -1.38. The molecule has 0 aromatic heterocycles. The number of unbranched alkanes of at least 4 members (excludes halogenated alkanes) is 2. The first kappa shape index (κ1) is 34.8. The van der Waals surface area contributed by atoms with Crippen LogP contribution in [0.4, 0.5) is 0 Å². The number of hydrogen-bond donors (Lipinski definition) is 2. The fourth-order valence-corrected chi connectivity index (χ4v) is 5.25. The van der Waals surface area contributed by atoms with E-state index in [1.807, 2.05) is 18.2 Å². The van der Waals surface area contributed by atoms with Crippen LogP contribution in [0.25, 0.3) is 0 Å². The summed E-state index contributed by atoms with van der Waals surface area (Å²) >= 11 is 0. The normalized spacial score (nSPS) is 17.1. The maximum absolute atomic E-state index is 10.5. The van der Waals surface area contributed by atoms with Gasteiger partial charge in [-0.15, -0.1) is 0 Å². The van der Waals surface area contributed by atoms with Crippen LogP contribution >= 0.6 is 0 Å². The molecule has 1 saturated heterocycles. The number of β-amino-alcohol motifs (C(OH)–C–C–N with tert-alkyl or cyclic N) is 1. The molecule has 0 aliphatic carbocycles. The van der Waals surface area contributed by atoms with E-state index in [-0.39, 0.29) is 6.61 Å². The van der Waals surface area contributed by atoms with Gasteiger partial charge < -0.3 is 29.3 Å². The van der Waals surface area contributed by atoms with Gasteiger partial charge in [-0.25, -0.2) is 0 Å². The summed E-state index contributed by atoms with van der Waals surface area (Å²) in [5, 5.41) is 19.6. The summed E-state index contributed by atoms with van der Waals surface area (Å²) in [6.07, 6.45) is 10.2. The quantitative estimate of drug-likeness (QED) is 0.156. The monoisotopic (exact) mass is 564 g/mol. The van der Waals surface area contributed by atoms with Crippen molar-refractivity contribution in [3.8, 4) is 11.5 Å². The van der Waals surface area contributed by atoms with Gasteiger partial charge in [0.25, 0.3) is 0 Å². The van der Waals surface area contributed by atoms with E-state index in [9.17, 15) is 5.11 Å². The van der Waals surface area contributed by atoms with E-state index in [0.717, 1.165) is 75.6 Å². The molecule has 1 heterocycles. The number of hydrogen-bond acceptors (Lipinski definition) is 7. The third-order valence-electron chi connectivity index (χ3n) is 8.25. The topological polar surface area (TPSA) is 74.6 Å². The van der Waals surface area contributed by atoms with Gasteiger partial charge in [-0.05, 0) is 61.8 Å². The summed E-state index contributed by atoms with van der Waals surface area (Å²) in [7, 11) is 0. The standard InChI is InChI=1S/C33H60N2O5/c1-5-9-12-28(7-3)25-38-31-22-30(23-32(24-31)39-26-29(8-4)13-10-6-2)27-40-33(37)14-11-15-34-16-18-35(19-17-34)20-21-36/h22-24,28-29,33,36-37H,5-21,25-27H2,1-4H3. The minimum Gasteiger partial charge on any atom is -0.493 e. The summed E-state index contributed by atoms with van der Waals surface area (Å²) in [6, 6.07) is 6.08. The maximum Gasteiger partial charge on any atom is 0.155 e.